The van der Waals surface area contributed by atoms with Crippen LogP contribution in [-0.4, -0.2) is 44.4 Å². The molecule has 0 unspecified atom stereocenters. The molecule has 0 spiro atoms. The molecule has 4 aromatic carbocycles. The minimum absolute atomic E-state index is 0.0909. The summed E-state index contributed by atoms with van der Waals surface area (Å²) in [5.41, 5.74) is 13.3. The van der Waals surface area contributed by atoms with Gasteiger partial charge in [-0.1, -0.05) is 91.3 Å². The van der Waals surface area contributed by atoms with E-state index in [0.29, 0.717) is 37.1 Å². The fourth-order valence-corrected chi connectivity index (χ4v) is 6.95. The number of halogens is 4. The van der Waals surface area contributed by atoms with E-state index in [1.165, 1.54) is 12.1 Å². The minimum atomic E-state index is -4.59. The summed E-state index contributed by atoms with van der Waals surface area (Å²) in [5.74, 6) is -2.21. The zero-order valence-electron chi connectivity index (χ0n) is 26.2. The van der Waals surface area contributed by atoms with Crippen molar-refractivity contribution in [3.63, 3.8) is 0 Å². The first-order chi connectivity index (χ1) is 22.1. The first-order valence-electron chi connectivity index (χ1n) is 15.1. The van der Waals surface area contributed by atoms with E-state index in [2.05, 4.69) is 0 Å². The number of benzene rings is 4. The maximum absolute atomic E-state index is 13.7. The molecule has 0 aliphatic carbocycles. The maximum atomic E-state index is 13.7. The van der Waals surface area contributed by atoms with Gasteiger partial charge in [0.15, 0.2) is 15.7 Å². The molecule has 4 rings (SSSR count). The molecule has 0 aliphatic rings. The van der Waals surface area contributed by atoms with Crippen molar-refractivity contribution in [2.75, 3.05) is 26.0 Å². The maximum Gasteiger partial charge on any atom is 0.417 e. The third-order valence-corrected chi connectivity index (χ3v) is 9.42. The van der Waals surface area contributed by atoms with Gasteiger partial charge in [-0.3, -0.25) is 16.4 Å². The van der Waals surface area contributed by atoms with Crippen molar-refractivity contribution in [2.45, 2.75) is 49.1 Å². The van der Waals surface area contributed by atoms with Gasteiger partial charge < -0.3 is 9.84 Å². The van der Waals surface area contributed by atoms with Crippen LogP contribution in [0.1, 0.15) is 52.6 Å². The molecule has 4 aromatic rings. The van der Waals surface area contributed by atoms with Crippen LogP contribution < -0.4 is 16.2 Å². The molecule has 252 valence electrons. The summed E-state index contributed by atoms with van der Waals surface area (Å²) in [6.45, 7) is 2.98. The first-order valence-corrected chi connectivity index (χ1v) is 17.3. The van der Waals surface area contributed by atoms with Crippen molar-refractivity contribution in [1.29, 1.82) is 0 Å². The molecule has 0 saturated heterocycles. The second-order valence-electron chi connectivity index (χ2n) is 11.5. The Hall–Kier alpha value is -3.45. The van der Waals surface area contributed by atoms with E-state index in [9.17, 15) is 26.7 Å². The summed E-state index contributed by atoms with van der Waals surface area (Å²) >= 11 is 6.32. The fourth-order valence-electron chi connectivity index (χ4n) is 5.66. The third-order valence-electron chi connectivity index (χ3n) is 7.85. The zero-order chi connectivity index (χ0) is 34.4. The van der Waals surface area contributed by atoms with Crippen LogP contribution in [0.3, 0.4) is 0 Å². The Labute approximate surface area is 278 Å². The van der Waals surface area contributed by atoms with Crippen molar-refractivity contribution >= 4 is 21.4 Å². The molecular weight excluding hydrogens is 651 g/mol. The first kappa shape index (κ1) is 36.4. The van der Waals surface area contributed by atoms with E-state index in [1.54, 1.807) is 19.1 Å². The largest absolute Gasteiger partial charge is 0.493 e. The quantitative estimate of drug-likeness (QED) is 0.103. The second kappa shape index (κ2) is 15.2. The summed E-state index contributed by atoms with van der Waals surface area (Å²) in [5, 5.41) is 9.99. The molecule has 5 N–H and O–H groups in total. The summed E-state index contributed by atoms with van der Waals surface area (Å²) in [6, 6.07) is 26.5. The van der Waals surface area contributed by atoms with E-state index < -0.39 is 27.4 Å². The molecule has 7 nitrogen and oxygen atoms in total. The molecular formula is C35H39ClF3N3O4S. The van der Waals surface area contributed by atoms with E-state index in [4.69, 9.17) is 27.8 Å². The van der Waals surface area contributed by atoms with Gasteiger partial charge in [0.1, 0.15) is 5.75 Å². The molecule has 0 radical (unpaired) electrons. The fraction of sp³-hybridized carbons (Fsp3) is 0.314. The Kier molecular flexibility index (Phi) is 11.8. The van der Waals surface area contributed by atoms with Gasteiger partial charge in [-0.25, -0.2) is 8.42 Å². The molecule has 47 heavy (non-hydrogen) atoms. The number of aryl methyl sites for hydroxylation is 1. The molecule has 0 atom stereocenters. The Morgan fingerprint density at radius 1 is 0.915 bits per heavy atom. The number of nitrogens with two attached hydrogens (primary N) is 2. The second-order valence-corrected chi connectivity index (χ2v) is 13.9. The number of rotatable bonds is 14. The molecule has 0 aliphatic heterocycles. The van der Waals surface area contributed by atoms with Crippen molar-refractivity contribution in [3.8, 4) is 5.75 Å². The number of hydrogen-bond donors (Lipinski definition) is 3. The highest BCUT2D eigenvalue weighted by atomic mass is 35.5. The number of sulfone groups is 1. The predicted octanol–water partition coefficient (Wildman–Crippen LogP) is 6.45. The van der Waals surface area contributed by atoms with Crippen molar-refractivity contribution in [1.82, 2.24) is 4.90 Å². The minimum Gasteiger partial charge on any atom is -0.493 e. The van der Waals surface area contributed by atoms with Crippen LogP contribution in [0.15, 0.2) is 95.9 Å². The predicted molar refractivity (Wildman–Crippen MR) is 178 cm³/mol. The van der Waals surface area contributed by atoms with Gasteiger partial charge >= 0.3 is 6.18 Å². The number of hydrogen-bond acceptors (Lipinski definition) is 7. The number of ether oxygens (including phenoxy) is 1. The van der Waals surface area contributed by atoms with E-state index in [0.717, 1.165) is 23.4 Å². The molecule has 0 heterocycles. The van der Waals surface area contributed by atoms with Gasteiger partial charge in [-0.2, -0.15) is 13.2 Å². The van der Waals surface area contributed by atoms with Crippen LogP contribution in [0.2, 0.25) is 5.02 Å². The molecule has 0 fully saturated rings. The van der Waals surface area contributed by atoms with E-state index in [-0.39, 0.29) is 40.3 Å². The molecule has 0 aromatic heterocycles. The van der Waals surface area contributed by atoms with E-state index >= 15 is 0 Å². The Balaban J connectivity index is 1.61. The number of aliphatic hydroxyl groups is 1. The van der Waals surface area contributed by atoms with Crippen LogP contribution in [0, 0.1) is 0 Å². The van der Waals surface area contributed by atoms with E-state index in [1.807, 2.05) is 65.6 Å². The van der Waals surface area contributed by atoms with Crippen molar-refractivity contribution in [2.24, 2.45) is 11.5 Å². The average molecular weight is 690 g/mol. The highest BCUT2D eigenvalue weighted by Crippen LogP contribution is 2.37. The lowest BCUT2D eigenvalue weighted by molar-refractivity contribution is -0.137. The lowest BCUT2D eigenvalue weighted by Gasteiger charge is -2.29. The average Bonchev–Trinajstić information content (AvgIpc) is 3.01. The van der Waals surface area contributed by atoms with Gasteiger partial charge in [0, 0.05) is 37.4 Å². The standard InChI is InChI=1S/C35H39ClF3N3O4S/c1-3-24-20-28(21-31(47(2,44)45)32(24)35(40,41)43)46-19-11-18-42(22-27-16-10-17-30(33(27)36)34(37,38)39)23-29(25-12-6-4-7-13-25)26-14-8-5-9-15-26/h4-10,12-17,20-21,29,43H,3,11,18-19,22-23,40-41H2,1-2H3. The van der Waals surface area contributed by atoms with Crippen molar-refractivity contribution < 1.29 is 31.4 Å². The van der Waals surface area contributed by atoms with Crippen LogP contribution >= 0.6 is 11.6 Å². The van der Waals surface area contributed by atoms with Crippen molar-refractivity contribution in [3.05, 3.63) is 129 Å². The van der Waals surface area contributed by atoms with Gasteiger partial charge in [0.25, 0.3) is 0 Å². The topological polar surface area (TPSA) is 119 Å². The summed E-state index contributed by atoms with van der Waals surface area (Å²) < 4.78 is 72.3. The van der Waals surface area contributed by atoms with Crippen LogP contribution in [-0.2, 0) is 34.8 Å². The summed E-state index contributed by atoms with van der Waals surface area (Å²) in [4.78, 5) is 1.81. The smallest absolute Gasteiger partial charge is 0.417 e. The van der Waals surface area contributed by atoms with Gasteiger partial charge in [-0.05, 0) is 53.3 Å². The highest BCUT2D eigenvalue weighted by Gasteiger charge is 2.34. The number of nitrogens with zero attached hydrogens (tertiary/aromatic N) is 1. The zero-order valence-corrected chi connectivity index (χ0v) is 27.7. The monoisotopic (exact) mass is 689 g/mol. The van der Waals surface area contributed by atoms with Crippen LogP contribution in [0.5, 0.6) is 5.75 Å². The van der Waals surface area contributed by atoms with Gasteiger partial charge in [0.05, 0.1) is 22.1 Å². The summed E-state index contributed by atoms with van der Waals surface area (Å²) in [6.07, 6.45) is -2.82. The highest BCUT2D eigenvalue weighted by molar-refractivity contribution is 7.90. The Morgan fingerprint density at radius 2 is 1.51 bits per heavy atom. The lowest BCUT2D eigenvalue weighted by atomic mass is 9.90. The molecule has 0 bridgehead atoms. The number of alkyl halides is 3. The molecule has 12 heteroatoms. The Bertz CT molecular complexity index is 1710. The van der Waals surface area contributed by atoms with Gasteiger partial charge in [-0.15, -0.1) is 0 Å². The van der Waals surface area contributed by atoms with Crippen LogP contribution in [0.4, 0.5) is 13.2 Å². The Morgan fingerprint density at radius 3 is 2.02 bits per heavy atom. The SMILES string of the molecule is CCc1cc(OCCCN(Cc2cccc(C(F)(F)F)c2Cl)CC(c2ccccc2)c2ccccc2)cc(S(C)(=O)=O)c1C(N)(N)O. The lowest BCUT2D eigenvalue weighted by Crippen LogP contribution is -2.47. The molecule has 0 amide bonds. The van der Waals surface area contributed by atoms with Crippen LogP contribution in [0.25, 0.3) is 0 Å². The molecule has 0 saturated carbocycles. The normalized spacial score (nSPS) is 12.6. The third kappa shape index (κ3) is 9.56. The van der Waals surface area contributed by atoms with Gasteiger partial charge in [0.2, 0.25) is 0 Å². The summed E-state index contributed by atoms with van der Waals surface area (Å²) in [7, 11) is -3.84.